The highest BCUT2D eigenvalue weighted by atomic mass is 19.1. The minimum Gasteiger partial charge on any atom is -0.271 e. The van der Waals surface area contributed by atoms with Crippen molar-refractivity contribution in [3.63, 3.8) is 0 Å². The maximum absolute atomic E-state index is 13.9. The number of nitrogens with one attached hydrogen (secondary N) is 1. The molecule has 2 nitrogen and oxygen atoms in total. The van der Waals surface area contributed by atoms with Crippen molar-refractivity contribution in [3.05, 3.63) is 35.1 Å². The van der Waals surface area contributed by atoms with E-state index >= 15 is 0 Å². The Morgan fingerprint density at radius 3 is 2.40 bits per heavy atom. The van der Waals surface area contributed by atoms with E-state index in [2.05, 4.69) is 5.43 Å². The van der Waals surface area contributed by atoms with Gasteiger partial charge in [0.05, 0.1) is 6.04 Å². The molecule has 0 spiro atoms. The monoisotopic (exact) mass is 210 g/mol. The topological polar surface area (TPSA) is 38.0 Å². The molecule has 3 N–H and O–H groups in total. The molecule has 0 saturated carbocycles. The van der Waals surface area contributed by atoms with Gasteiger partial charge in [0.2, 0.25) is 0 Å². The zero-order chi connectivity index (χ0) is 11.6. The molecule has 0 fully saturated rings. The highest BCUT2D eigenvalue weighted by molar-refractivity contribution is 5.28. The van der Waals surface area contributed by atoms with Crippen molar-refractivity contribution < 1.29 is 4.39 Å². The summed E-state index contributed by atoms with van der Waals surface area (Å²) in [4.78, 5) is 0. The van der Waals surface area contributed by atoms with Crippen molar-refractivity contribution in [2.75, 3.05) is 0 Å². The maximum atomic E-state index is 13.9. The quantitative estimate of drug-likeness (QED) is 0.582. The van der Waals surface area contributed by atoms with Crippen LogP contribution in [0.4, 0.5) is 4.39 Å². The number of hydrogen-bond donors (Lipinski definition) is 2. The number of nitrogens with two attached hydrogens (primary N) is 1. The van der Waals surface area contributed by atoms with Crippen LogP contribution in [0.25, 0.3) is 0 Å². The lowest BCUT2D eigenvalue weighted by molar-refractivity contribution is 0.269. The Bertz CT molecular complexity index is 342. The third-order valence-corrected chi connectivity index (χ3v) is 2.57. The van der Waals surface area contributed by atoms with Gasteiger partial charge in [-0.3, -0.25) is 11.3 Å². The fourth-order valence-corrected chi connectivity index (χ4v) is 1.70. The summed E-state index contributed by atoms with van der Waals surface area (Å²) < 4.78 is 13.9. The van der Waals surface area contributed by atoms with Crippen molar-refractivity contribution in [1.29, 1.82) is 0 Å². The lowest BCUT2D eigenvalue weighted by Gasteiger charge is -2.30. The summed E-state index contributed by atoms with van der Waals surface area (Å²) in [5.41, 5.74) is 3.84. The van der Waals surface area contributed by atoms with Crippen LogP contribution in [0.15, 0.2) is 18.2 Å². The molecular weight excluding hydrogens is 191 g/mol. The summed E-state index contributed by atoms with van der Waals surface area (Å²) in [5.74, 6) is 5.32. The van der Waals surface area contributed by atoms with Crippen molar-refractivity contribution in [2.24, 2.45) is 11.3 Å². The van der Waals surface area contributed by atoms with Crippen LogP contribution in [-0.2, 0) is 0 Å². The highest BCUT2D eigenvalue weighted by Gasteiger charge is 2.27. The molecule has 0 aliphatic carbocycles. The molecular formula is C12H19FN2. The second kappa shape index (κ2) is 4.29. The van der Waals surface area contributed by atoms with Crippen molar-refractivity contribution in [2.45, 2.75) is 33.7 Å². The Labute approximate surface area is 90.6 Å². The van der Waals surface area contributed by atoms with Gasteiger partial charge < -0.3 is 0 Å². The zero-order valence-electron chi connectivity index (χ0n) is 9.76. The van der Waals surface area contributed by atoms with E-state index < -0.39 is 0 Å². The van der Waals surface area contributed by atoms with Gasteiger partial charge in [-0.05, 0) is 17.9 Å². The van der Waals surface area contributed by atoms with E-state index in [4.69, 9.17) is 5.84 Å². The molecule has 1 aromatic rings. The normalized spacial score (nSPS) is 14.0. The Balaban J connectivity index is 3.19. The van der Waals surface area contributed by atoms with Crippen molar-refractivity contribution in [3.8, 4) is 0 Å². The Morgan fingerprint density at radius 1 is 1.33 bits per heavy atom. The molecule has 0 radical (unpaired) electrons. The molecule has 0 aliphatic rings. The van der Waals surface area contributed by atoms with Gasteiger partial charge in [-0.1, -0.05) is 39.0 Å². The van der Waals surface area contributed by atoms with Crippen LogP contribution >= 0.6 is 0 Å². The van der Waals surface area contributed by atoms with Gasteiger partial charge in [0.1, 0.15) is 5.82 Å². The molecule has 84 valence electrons. The Hall–Kier alpha value is -0.930. The molecule has 1 rings (SSSR count). The molecule has 0 amide bonds. The summed E-state index contributed by atoms with van der Waals surface area (Å²) in [6, 6.07) is 5.20. The second-order valence-corrected chi connectivity index (χ2v) is 4.94. The fraction of sp³-hybridized carbons (Fsp3) is 0.500. The summed E-state index contributed by atoms with van der Waals surface area (Å²) in [5, 5.41) is 0. The van der Waals surface area contributed by atoms with Gasteiger partial charge in [-0.25, -0.2) is 4.39 Å². The summed E-state index contributed by atoms with van der Waals surface area (Å²) in [6.45, 7) is 7.84. The van der Waals surface area contributed by atoms with E-state index in [9.17, 15) is 4.39 Å². The molecule has 0 heterocycles. The average Bonchev–Trinajstić information content (AvgIpc) is 2.11. The van der Waals surface area contributed by atoms with Gasteiger partial charge in [-0.15, -0.1) is 0 Å². The van der Waals surface area contributed by atoms with E-state index in [-0.39, 0.29) is 17.3 Å². The number of aryl methyl sites for hydroxylation is 1. The van der Waals surface area contributed by atoms with Crippen LogP contribution in [0, 0.1) is 18.2 Å². The van der Waals surface area contributed by atoms with Crippen LogP contribution in [-0.4, -0.2) is 0 Å². The third-order valence-electron chi connectivity index (χ3n) is 2.57. The molecule has 3 heteroatoms. The van der Waals surface area contributed by atoms with Crippen LogP contribution in [0.2, 0.25) is 0 Å². The minimum atomic E-state index is -0.183. The first-order valence-corrected chi connectivity index (χ1v) is 5.09. The number of hydrazine groups is 1. The predicted molar refractivity (Wildman–Crippen MR) is 60.7 cm³/mol. The minimum absolute atomic E-state index is 0.122. The van der Waals surface area contributed by atoms with E-state index in [0.29, 0.717) is 11.1 Å². The standard InChI is InChI=1S/C12H19FN2/c1-8-6-5-7-9(10(8)13)11(15-14)12(2,3)4/h5-7,11,15H,14H2,1-4H3. The molecule has 0 bridgehead atoms. The van der Waals surface area contributed by atoms with Gasteiger partial charge in [0.15, 0.2) is 0 Å². The first-order chi connectivity index (χ1) is 6.88. The average molecular weight is 210 g/mol. The van der Waals surface area contributed by atoms with Crippen LogP contribution in [0.1, 0.15) is 37.9 Å². The SMILES string of the molecule is Cc1cccc(C(NN)C(C)(C)C)c1F. The lowest BCUT2D eigenvalue weighted by Crippen LogP contribution is -2.37. The Morgan fingerprint density at radius 2 is 1.93 bits per heavy atom. The van der Waals surface area contributed by atoms with Gasteiger partial charge in [-0.2, -0.15) is 0 Å². The molecule has 0 aromatic heterocycles. The number of rotatable bonds is 2. The van der Waals surface area contributed by atoms with Crippen LogP contribution < -0.4 is 11.3 Å². The summed E-state index contributed by atoms with van der Waals surface area (Å²) >= 11 is 0. The van der Waals surface area contributed by atoms with Gasteiger partial charge in [0.25, 0.3) is 0 Å². The third kappa shape index (κ3) is 2.55. The first-order valence-electron chi connectivity index (χ1n) is 5.09. The van der Waals surface area contributed by atoms with E-state index in [1.165, 1.54) is 0 Å². The summed E-state index contributed by atoms with van der Waals surface area (Å²) in [6.07, 6.45) is 0. The fourth-order valence-electron chi connectivity index (χ4n) is 1.70. The van der Waals surface area contributed by atoms with E-state index in [0.717, 1.165) is 0 Å². The van der Waals surface area contributed by atoms with E-state index in [1.54, 1.807) is 19.1 Å². The van der Waals surface area contributed by atoms with Crippen molar-refractivity contribution >= 4 is 0 Å². The first kappa shape index (κ1) is 12.1. The Kier molecular flexibility index (Phi) is 3.47. The maximum Gasteiger partial charge on any atom is 0.130 e. The van der Waals surface area contributed by atoms with Crippen LogP contribution in [0.3, 0.4) is 0 Å². The van der Waals surface area contributed by atoms with Crippen molar-refractivity contribution in [1.82, 2.24) is 5.43 Å². The second-order valence-electron chi connectivity index (χ2n) is 4.94. The molecule has 1 aromatic carbocycles. The summed E-state index contributed by atoms with van der Waals surface area (Å²) in [7, 11) is 0. The molecule has 1 unspecified atom stereocenters. The number of benzene rings is 1. The predicted octanol–water partition coefficient (Wildman–Crippen LogP) is 2.68. The molecule has 0 aliphatic heterocycles. The zero-order valence-corrected chi connectivity index (χ0v) is 9.76. The smallest absolute Gasteiger partial charge is 0.130 e. The number of halogens is 1. The number of hydrogen-bond acceptors (Lipinski definition) is 2. The van der Waals surface area contributed by atoms with Gasteiger partial charge in [0, 0.05) is 5.56 Å². The van der Waals surface area contributed by atoms with Crippen LogP contribution in [0.5, 0.6) is 0 Å². The van der Waals surface area contributed by atoms with Gasteiger partial charge >= 0.3 is 0 Å². The molecule has 0 saturated heterocycles. The highest BCUT2D eigenvalue weighted by Crippen LogP contribution is 2.33. The molecule has 15 heavy (non-hydrogen) atoms. The van der Waals surface area contributed by atoms with E-state index in [1.807, 2.05) is 26.8 Å². The molecule has 1 atom stereocenters. The largest absolute Gasteiger partial charge is 0.271 e. The lowest BCUT2D eigenvalue weighted by atomic mass is 9.82.